The Hall–Kier alpha value is -4.12. The Morgan fingerprint density at radius 2 is 2.03 bits per heavy atom. The van der Waals surface area contributed by atoms with E-state index in [4.69, 9.17) is 10.5 Å². The van der Waals surface area contributed by atoms with Gasteiger partial charge in [-0.1, -0.05) is 18.2 Å². The van der Waals surface area contributed by atoms with Crippen LogP contribution in [0.2, 0.25) is 0 Å². The number of para-hydroxylation sites is 1. The van der Waals surface area contributed by atoms with Crippen molar-refractivity contribution in [2.24, 2.45) is 5.73 Å². The number of nitrogens with zero attached hydrogens (tertiary/aromatic N) is 4. The van der Waals surface area contributed by atoms with Crippen molar-refractivity contribution >= 4 is 11.6 Å². The van der Waals surface area contributed by atoms with Crippen LogP contribution >= 0.6 is 0 Å². The molecule has 5 rings (SSSR count). The lowest BCUT2D eigenvalue weighted by Crippen LogP contribution is -2.45. The van der Waals surface area contributed by atoms with E-state index in [1.165, 1.54) is 0 Å². The molecule has 2 aromatic heterocycles. The average Bonchev–Trinajstić information content (AvgIpc) is 3.27. The Balaban J connectivity index is 1.93. The highest BCUT2D eigenvalue weighted by Gasteiger charge is 2.60. The van der Waals surface area contributed by atoms with Crippen LogP contribution in [0.5, 0.6) is 5.88 Å². The molecule has 1 aromatic carbocycles. The zero-order valence-corrected chi connectivity index (χ0v) is 15.5. The number of hydrogen-bond donors (Lipinski definition) is 2. The Kier molecular flexibility index (Phi) is 3.48. The van der Waals surface area contributed by atoms with Gasteiger partial charge >= 0.3 is 0 Å². The molecule has 0 aliphatic carbocycles. The number of carbonyl (C=O) groups is 1. The molecule has 3 aromatic rings. The molecule has 142 valence electrons. The Labute approximate surface area is 166 Å². The van der Waals surface area contributed by atoms with Gasteiger partial charge in [0.15, 0.2) is 0 Å². The minimum absolute atomic E-state index is 0.0649. The summed E-state index contributed by atoms with van der Waals surface area (Å²) in [7, 11) is 0. The molecule has 29 heavy (non-hydrogen) atoms. The number of H-pyrrole nitrogens is 1. The van der Waals surface area contributed by atoms with Gasteiger partial charge in [0.1, 0.15) is 17.1 Å². The summed E-state index contributed by atoms with van der Waals surface area (Å²) in [6.45, 7) is 2.35. The monoisotopic (exact) mass is 384 g/mol. The SMILES string of the molecule is CCN1C(=O)C2(C(C#N)=C(N)Oc3n[nH]c(-c4ccncc4)c32)c2ccccc21. The number of amides is 1. The highest BCUT2D eigenvalue weighted by molar-refractivity contribution is 6.15. The molecule has 0 bridgehead atoms. The number of aromatic nitrogens is 3. The van der Waals surface area contributed by atoms with E-state index in [9.17, 15) is 10.1 Å². The molecule has 0 saturated heterocycles. The van der Waals surface area contributed by atoms with E-state index in [2.05, 4.69) is 21.3 Å². The van der Waals surface area contributed by atoms with E-state index in [-0.39, 0.29) is 23.2 Å². The fraction of sp³-hybridized carbons (Fsp3) is 0.143. The standard InChI is InChI=1S/C21H16N6O2/c1-2-27-15-6-4-3-5-13(15)21(20(27)28)14(11-22)18(23)29-19-16(21)17(25-26-19)12-7-9-24-10-8-12/h3-10H,2,23H2,1H3,(H,25,26). The molecular formula is C21H16N6O2. The fourth-order valence-electron chi connectivity index (χ4n) is 4.33. The van der Waals surface area contributed by atoms with Crippen LogP contribution in [0, 0.1) is 11.3 Å². The number of nitrogens with one attached hydrogen (secondary N) is 1. The van der Waals surface area contributed by atoms with E-state index >= 15 is 0 Å². The molecular weight excluding hydrogens is 368 g/mol. The largest absolute Gasteiger partial charge is 0.420 e. The maximum absolute atomic E-state index is 13.9. The second kappa shape index (κ2) is 5.94. The predicted octanol–water partition coefficient (Wildman–Crippen LogP) is 2.21. The number of ether oxygens (including phenoxy) is 1. The third-order valence-electron chi connectivity index (χ3n) is 5.50. The third kappa shape index (κ3) is 1.99. The normalized spacial score (nSPS) is 19.7. The molecule has 1 amide bonds. The summed E-state index contributed by atoms with van der Waals surface area (Å²) < 4.78 is 5.66. The van der Waals surface area contributed by atoms with Crippen molar-refractivity contribution < 1.29 is 9.53 Å². The van der Waals surface area contributed by atoms with Crippen molar-refractivity contribution in [1.82, 2.24) is 15.2 Å². The van der Waals surface area contributed by atoms with Crippen LogP contribution in [0.1, 0.15) is 18.1 Å². The first-order chi connectivity index (χ1) is 14.1. The van der Waals surface area contributed by atoms with E-state index in [1.54, 1.807) is 29.4 Å². The number of rotatable bonds is 2. The summed E-state index contributed by atoms with van der Waals surface area (Å²) in [4.78, 5) is 19.6. The quantitative estimate of drug-likeness (QED) is 0.699. The van der Waals surface area contributed by atoms with Gasteiger partial charge in [0.25, 0.3) is 0 Å². The molecule has 2 aliphatic heterocycles. The van der Waals surface area contributed by atoms with Gasteiger partial charge in [-0.25, -0.2) is 0 Å². The van der Waals surface area contributed by atoms with Gasteiger partial charge in [0.2, 0.25) is 17.7 Å². The number of nitrogens with two attached hydrogens (primary N) is 1. The van der Waals surface area contributed by atoms with Crippen molar-refractivity contribution in [2.75, 3.05) is 11.4 Å². The number of carbonyl (C=O) groups excluding carboxylic acids is 1. The zero-order chi connectivity index (χ0) is 20.2. The van der Waals surface area contributed by atoms with Gasteiger partial charge in [-0.2, -0.15) is 5.26 Å². The van der Waals surface area contributed by atoms with Gasteiger partial charge < -0.3 is 15.4 Å². The Bertz CT molecular complexity index is 1220. The van der Waals surface area contributed by atoms with Gasteiger partial charge in [-0.15, -0.1) is 5.10 Å². The number of benzene rings is 1. The highest BCUT2D eigenvalue weighted by Crippen LogP contribution is 2.56. The minimum atomic E-state index is -1.43. The van der Waals surface area contributed by atoms with Crippen LogP contribution < -0.4 is 15.4 Å². The van der Waals surface area contributed by atoms with Gasteiger partial charge in [0.05, 0.1) is 11.3 Å². The number of hydrogen-bond acceptors (Lipinski definition) is 6. The lowest BCUT2D eigenvalue weighted by Gasteiger charge is -2.32. The van der Waals surface area contributed by atoms with Crippen LogP contribution in [0.4, 0.5) is 5.69 Å². The topological polar surface area (TPSA) is 121 Å². The van der Waals surface area contributed by atoms with Crippen LogP contribution in [0.3, 0.4) is 0 Å². The number of pyridine rings is 1. The summed E-state index contributed by atoms with van der Waals surface area (Å²) in [5.74, 6) is -0.176. The summed E-state index contributed by atoms with van der Waals surface area (Å²) >= 11 is 0. The van der Waals surface area contributed by atoms with Crippen molar-refractivity contribution in [2.45, 2.75) is 12.3 Å². The molecule has 1 spiro atoms. The number of fused-ring (bicyclic) bond motifs is 4. The van der Waals surface area contributed by atoms with Gasteiger partial charge in [-0.3, -0.25) is 14.9 Å². The van der Waals surface area contributed by atoms with Crippen molar-refractivity contribution in [3.8, 4) is 23.2 Å². The third-order valence-corrected chi connectivity index (χ3v) is 5.50. The van der Waals surface area contributed by atoms with E-state index in [0.29, 0.717) is 23.4 Å². The summed E-state index contributed by atoms with van der Waals surface area (Å²) in [6, 6.07) is 13.2. The summed E-state index contributed by atoms with van der Waals surface area (Å²) in [6.07, 6.45) is 3.30. The van der Waals surface area contributed by atoms with Gasteiger partial charge in [-0.05, 0) is 25.1 Å². The molecule has 8 heteroatoms. The average molecular weight is 384 g/mol. The molecule has 4 heterocycles. The fourth-order valence-corrected chi connectivity index (χ4v) is 4.33. The van der Waals surface area contributed by atoms with Crippen LogP contribution in [-0.4, -0.2) is 27.6 Å². The minimum Gasteiger partial charge on any atom is -0.420 e. The Morgan fingerprint density at radius 3 is 2.76 bits per heavy atom. The molecule has 0 saturated carbocycles. The summed E-state index contributed by atoms with van der Waals surface area (Å²) in [5, 5.41) is 17.3. The van der Waals surface area contributed by atoms with Crippen molar-refractivity contribution in [3.05, 3.63) is 71.4 Å². The van der Waals surface area contributed by atoms with Crippen molar-refractivity contribution in [1.29, 1.82) is 5.26 Å². The second-order valence-corrected chi connectivity index (χ2v) is 6.78. The maximum atomic E-state index is 13.9. The van der Waals surface area contributed by atoms with Crippen molar-refractivity contribution in [3.63, 3.8) is 0 Å². The molecule has 0 radical (unpaired) electrons. The maximum Gasteiger partial charge on any atom is 0.247 e. The highest BCUT2D eigenvalue weighted by atomic mass is 16.5. The van der Waals surface area contributed by atoms with Crippen LogP contribution in [0.25, 0.3) is 11.3 Å². The van der Waals surface area contributed by atoms with E-state index < -0.39 is 5.41 Å². The molecule has 8 nitrogen and oxygen atoms in total. The number of likely N-dealkylation sites (N-methyl/N-ethyl adjacent to an activating group) is 1. The van der Waals surface area contributed by atoms with E-state index in [0.717, 1.165) is 11.3 Å². The first-order valence-corrected chi connectivity index (χ1v) is 9.13. The smallest absolute Gasteiger partial charge is 0.247 e. The molecule has 0 fully saturated rings. The first kappa shape index (κ1) is 17.0. The first-order valence-electron chi connectivity index (χ1n) is 9.13. The molecule has 1 unspecified atom stereocenters. The van der Waals surface area contributed by atoms with E-state index in [1.807, 2.05) is 31.2 Å². The predicted molar refractivity (Wildman–Crippen MR) is 105 cm³/mol. The lowest BCUT2D eigenvalue weighted by molar-refractivity contribution is -0.120. The molecule has 3 N–H and O–H groups in total. The van der Waals surface area contributed by atoms with Crippen LogP contribution in [-0.2, 0) is 10.2 Å². The van der Waals surface area contributed by atoms with Gasteiger partial charge in [0, 0.05) is 35.8 Å². The lowest BCUT2D eigenvalue weighted by atomic mass is 9.68. The number of nitriles is 1. The number of aromatic amines is 1. The molecule has 2 aliphatic rings. The summed E-state index contributed by atoms with van der Waals surface area (Å²) in [5.41, 5.74) is 8.03. The molecule has 1 atom stereocenters. The zero-order valence-electron chi connectivity index (χ0n) is 15.5. The number of anilines is 1. The second-order valence-electron chi connectivity index (χ2n) is 6.78. The Morgan fingerprint density at radius 1 is 1.28 bits per heavy atom. The van der Waals surface area contributed by atoms with Crippen LogP contribution in [0.15, 0.2) is 60.2 Å².